The number of rotatable bonds is 3. The summed E-state index contributed by atoms with van der Waals surface area (Å²) >= 11 is 0. The lowest BCUT2D eigenvalue weighted by molar-refractivity contribution is 0.156. The second-order valence-corrected chi connectivity index (χ2v) is 5.32. The third kappa shape index (κ3) is 2.68. The summed E-state index contributed by atoms with van der Waals surface area (Å²) in [7, 11) is 0. The predicted molar refractivity (Wildman–Crippen MR) is 77.6 cm³/mol. The molecule has 1 aromatic heterocycles. The Bertz CT molecular complexity index is 610. The van der Waals surface area contributed by atoms with Gasteiger partial charge in [0.05, 0.1) is 11.8 Å². The van der Waals surface area contributed by atoms with Crippen molar-refractivity contribution < 1.29 is 9.84 Å². The van der Waals surface area contributed by atoms with Crippen molar-refractivity contribution in [2.45, 2.75) is 38.9 Å². The van der Waals surface area contributed by atoms with Crippen LogP contribution in [0.2, 0.25) is 0 Å². The molecule has 3 heteroatoms. The van der Waals surface area contributed by atoms with E-state index in [2.05, 4.69) is 11.1 Å². The zero-order chi connectivity index (χ0) is 13.9. The Kier molecular flexibility index (Phi) is 3.70. The molecule has 1 atom stereocenters. The van der Waals surface area contributed by atoms with Crippen molar-refractivity contribution >= 4 is 0 Å². The van der Waals surface area contributed by atoms with E-state index >= 15 is 0 Å². The lowest BCUT2D eigenvalue weighted by Crippen LogP contribution is -2.09. The molecule has 0 saturated heterocycles. The van der Waals surface area contributed by atoms with Crippen LogP contribution in [0, 0.1) is 6.92 Å². The quantitative estimate of drug-likeness (QED) is 0.929. The molecule has 2 aromatic rings. The van der Waals surface area contributed by atoms with Gasteiger partial charge in [-0.25, -0.2) is 0 Å². The number of aromatic nitrogens is 1. The van der Waals surface area contributed by atoms with Gasteiger partial charge in [-0.2, -0.15) is 0 Å². The first-order valence-corrected chi connectivity index (χ1v) is 7.08. The summed E-state index contributed by atoms with van der Waals surface area (Å²) in [6.45, 7) is 2.52. The van der Waals surface area contributed by atoms with E-state index in [1.807, 2.05) is 31.2 Å². The number of nitrogens with zero attached hydrogens (tertiary/aromatic N) is 1. The molecule has 0 saturated carbocycles. The van der Waals surface area contributed by atoms with E-state index in [1.54, 1.807) is 6.20 Å². The fourth-order valence-electron chi connectivity index (χ4n) is 2.68. The van der Waals surface area contributed by atoms with E-state index in [-0.39, 0.29) is 6.10 Å². The molecule has 3 rings (SSSR count). The molecule has 0 spiro atoms. The molecule has 1 aromatic carbocycles. The summed E-state index contributed by atoms with van der Waals surface area (Å²) in [6, 6.07) is 9.94. The lowest BCUT2D eigenvalue weighted by atomic mass is 9.89. The van der Waals surface area contributed by atoms with Crippen LogP contribution in [0.25, 0.3) is 0 Å². The van der Waals surface area contributed by atoms with Crippen LogP contribution >= 0.6 is 0 Å². The van der Waals surface area contributed by atoms with E-state index in [4.69, 9.17) is 4.74 Å². The Hall–Kier alpha value is -1.87. The molecule has 0 fully saturated rings. The number of hydrogen-bond donors (Lipinski definition) is 1. The van der Waals surface area contributed by atoms with Crippen LogP contribution in [0.5, 0.6) is 5.75 Å². The largest absolute Gasteiger partial charge is 0.487 e. The van der Waals surface area contributed by atoms with E-state index in [1.165, 1.54) is 5.56 Å². The topological polar surface area (TPSA) is 42.4 Å². The van der Waals surface area contributed by atoms with Gasteiger partial charge in [0.2, 0.25) is 0 Å². The lowest BCUT2D eigenvalue weighted by Gasteiger charge is -2.21. The molecule has 1 aliphatic carbocycles. The van der Waals surface area contributed by atoms with Crippen molar-refractivity contribution in [3.63, 3.8) is 0 Å². The summed E-state index contributed by atoms with van der Waals surface area (Å²) in [5.41, 5.74) is 4.36. The average molecular weight is 269 g/mol. The first-order chi connectivity index (χ1) is 9.74. The third-order valence-electron chi connectivity index (χ3n) is 3.89. The van der Waals surface area contributed by atoms with Crippen molar-refractivity contribution in [3.05, 3.63) is 58.9 Å². The first-order valence-electron chi connectivity index (χ1n) is 7.08. The molecule has 0 amide bonds. The van der Waals surface area contributed by atoms with Crippen LogP contribution in [0.1, 0.15) is 41.3 Å². The first kappa shape index (κ1) is 13.1. The molecule has 3 nitrogen and oxygen atoms in total. The fraction of sp³-hybridized carbons (Fsp3) is 0.353. The van der Waals surface area contributed by atoms with E-state index in [0.717, 1.165) is 41.8 Å². The molecular weight excluding hydrogens is 250 g/mol. The molecule has 0 radical (unpaired) electrons. The maximum absolute atomic E-state index is 9.95. The van der Waals surface area contributed by atoms with Crippen LogP contribution in [0.4, 0.5) is 0 Å². The van der Waals surface area contributed by atoms with Crippen molar-refractivity contribution in [3.8, 4) is 5.75 Å². The fourth-order valence-corrected chi connectivity index (χ4v) is 2.68. The van der Waals surface area contributed by atoms with Crippen molar-refractivity contribution in [2.24, 2.45) is 0 Å². The maximum Gasteiger partial charge on any atom is 0.130 e. The summed E-state index contributed by atoms with van der Waals surface area (Å²) in [4.78, 5) is 4.33. The highest BCUT2D eigenvalue weighted by Gasteiger charge is 2.18. The number of benzene rings is 1. The van der Waals surface area contributed by atoms with Crippen LogP contribution in [-0.2, 0) is 13.0 Å². The van der Waals surface area contributed by atoms with Crippen LogP contribution in [-0.4, -0.2) is 10.1 Å². The number of ether oxygens (including phenoxy) is 1. The molecule has 1 unspecified atom stereocenters. The summed E-state index contributed by atoms with van der Waals surface area (Å²) in [6.07, 6.45) is 4.39. The van der Waals surface area contributed by atoms with Gasteiger partial charge in [-0.05, 0) is 61.1 Å². The molecule has 1 heterocycles. The van der Waals surface area contributed by atoms with Gasteiger partial charge in [-0.3, -0.25) is 4.98 Å². The van der Waals surface area contributed by atoms with Crippen LogP contribution in [0.15, 0.2) is 36.5 Å². The predicted octanol–water partition coefficient (Wildman–Crippen LogP) is 3.34. The van der Waals surface area contributed by atoms with Crippen LogP contribution in [0.3, 0.4) is 0 Å². The molecule has 1 aliphatic rings. The van der Waals surface area contributed by atoms with Crippen molar-refractivity contribution in [1.82, 2.24) is 4.98 Å². The molecule has 104 valence electrons. The number of aryl methyl sites for hydroxylation is 2. The zero-order valence-corrected chi connectivity index (χ0v) is 11.7. The number of fused-ring (bicyclic) bond motifs is 1. The van der Waals surface area contributed by atoms with Gasteiger partial charge in [0.15, 0.2) is 0 Å². The summed E-state index contributed by atoms with van der Waals surface area (Å²) in [5, 5.41) is 9.95. The van der Waals surface area contributed by atoms with Gasteiger partial charge in [0, 0.05) is 6.20 Å². The number of aliphatic hydroxyl groups excluding tert-OH is 1. The average Bonchev–Trinajstić information content (AvgIpc) is 2.46. The number of hydrogen-bond acceptors (Lipinski definition) is 3. The normalized spacial score (nSPS) is 17.6. The maximum atomic E-state index is 9.95. The summed E-state index contributed by atoms with van der Waals surface area (Å²) < 4.78 is 5.83. The van der Waals surface area contributed by atoms with Crippen LogP contribution < -0.4 is 4.74 Å². The van der Waals surface area contributed by atoms with Gasteiger partial charge in [0.1, 0.15) is 12.4 Å². The van der Waals surface area contributed by atoms with Gasteiger partial charge in [0.25, 0.3) is 0 Å². The zero-order valence-electron chi connectivity index (χ0n) is 11.7. The van der Waals surface area contributed by atoms with Gasteiger partial charge >= 0.3 is 0 Å². The molecule has 0 bridgehead atoms. The number of aliphatic hydroxyl groups is 1. The van der Waals surface area contributed by atoms with E-state index < -0.39 is 0 Å². The summed E-state index contributed by atoms with van der Waals surface area (Å²) in [5.74, 6) is 0.850. The Morgan fingerprint density at radius 1 is 1.35 bits per heavy atom. The van der Waals surface area contributed by atoms with Gasteiger partial charge < -0.3 is 9.84 Å². The second-order valence-electron chi connectivity index (χ2n) is 5.32. The smallest absolute Gasteiger partial charge is 0.130 e. The Morgan fingerprint density at radius 3 is 3.10 bits per heavy atom. The monoisotopic (exact) mass is 269 g/mol. The minimum Gasteiger partial charge on any atom is -0.487 e. The highest BCUT2D eigenvalue weighted by molar-refractivity contribution is 5.38. The standard InChI is InChI=1S/C17H19NO2/c1-12-4-3-9-18-16(12)11-20-14-7-8-15-13(10-14)5-2-6-17(15)19/h3-4,7-10,17,19H,2,5-6,11H2,1H3. The highest BCUT2D eigenvalue weighted by atomic mass is 16.5. The van der Waals surface area contributed by atoms with Crippen molar-refractivity contribution in [2.75, 3.05) is 0 Å². The molecule has 0 aliphatic heterocycles. The molecule has 20 heavy (non-hydrogen) atoms. The Morgan fingerprint density at radius 2 is 2.25 bits per heavy atom. The minimum absolute atomic E-state index is 0.314. The SMILES string of the molecule is Cc1cccnc1COc1ccc2c(c1)CCCC2O. The highest BCUT2D eigenvalue weighted by Crippen LogP contribution is 2.32. The Balaban J connectivity index is 1.74. The third-order valence-corrected chi connectivity index (χ3v) is 3.89. The van der Waals surface area contributed by atoms with Crippen molar-refractivity contribution in [1.29, 1.82) is 0 Å². The molecular formula is C17H19NO2. The van der Waals surface area contributed by atoms with E-state index in [0.29, 0.717) is 6.61 Å². The number of pyridine rings is 1. The molecule has 1 N–H and O–H groups in total. The second kappa shape index (κ2) is 5.63. The van der Waals surface area contributed by atoms with E-state index in [9.17, 15) is 5.11 Å². The Labute approximate surface area is 119 Å². The van der Waals surface area contributed by atoms with Gasteiger partial charge in [-0.15, -0.1) is 0 Å². The van der Waals surface area contributed by atoms with Gasteiger partial charge in [-0.1, -0.05) is 12.1 Å². The minimum atomic E-state index is -0.314.